The minimum atomic E-state index is -1.11. The standard InChI is InChI=1S/C17H26N2O2/c1-7-13(4)18-15(20)17(5,6)16(21)19-14-9-8-11(2)12(3)10-14/h8-10,13H,7H2,1-6H3,(H,18,20)(H,19,21). The average molecular weight is 290 g/mol. The van der Waals surface area contributed by atoms with Gasteiger partial charge >= 0.3 is 0 Å². The van der Waals surface area contributed by atoms with Gasteiger partial charge in [0.15, 0.2) is 0 Å². The fourth-order valence-corrected chi connectivity index (χ4v) is 1.72. The van der Waals surface area contributed by atoms with Crippen LogP contribution in [0.25, 0.3) is 0 Å². The monoisotopic (exact) mass is 290 g/mol. The van der Waals surface area contributed by atoms with Gasteiger partial charge in [0.1, 0.15) is 5.41 Å². The number of amides is 2. The molecule has 0 saturated carbocycles. The van der Waals surface area contributed by atoms with Crippen LogP contribution in [0.4, 0.5) is 5.69 Å². The van der Waals surface area contributed by atoms with Crippen molar-refractivity contribution >= 4 is 17.5 Å². The van der Waals surface area contributed by atoms with Gasteiger partial charge in [-0.1, -0.05) is 13.0 Å². The smallest absolute Gasteiger partial charge is 0.239 e. The zero-order valence-corrected chi connectivity index (χ0v) is 13.8. The molecule has 1 aromatic carbocycles. The van der Waals surface area contributed by atoms with Gasteiger partial charge in [0.05, 0.1) is 0 Å². The number of carbonyl (C=O) groups excluding carboxylic acids is 2. The molecule has 116 valence electrons. The molecule has 0 aliphatic rings. The minimum Gasteiger partial charge on any atom is -0.353 e. The number of aryl methyl sites for hydroxylation is 2. The van der Waals surface area contributed by atoms with Crippen molar-refractivity contribution in [2.45, 2.75) is 54.0 Å². The molecule has 4 nitrogen and oxygen atoms in total. The summed E-state index contributed by atoms with van der Waals surface area (Å²) in [6.07, 6.45) is 0.834. The van der Waals surface area contributed by atoms with E-state index in [0.717, 1.165) is 12.0 Å². The third-order valence-electron chi connectivity index (χ3n) is 3.89. The highest BCUT2D eigenvalue weighted by atomic mass is 16.2. The van der Waals surface area contributed by atoms with Crippen molar-refractivity contribution in [2.24, 2.45) is 5.41 Å². The van der Waals surface area contributed by atoms with E-state index in [9.17, 15) is 9.59 Å². The molecule has 0 radical (unpaired) electrons. The Kier molecular flexibility index (Phi) is 5.53. The van der Waals surface area contributed by atoms with Crippen molar-refractivity contribution < 1.29 is 9.59 Å². The van der Waals surface area contributed by atoms with Crippen molar-refractivity contribution in [1.29, 1.82) is 0 Å². The molecule has 2 N–H and O–H groups in total. The summed E-state index contributed by atoms with van der Waals surface area (Å²) in [6, 6.07) is 5.78. The summed E-state index contributed by atoms with van der Waals surface area (Å²) in [5, 5.41) is 5.68. The topological polar surface area (TPSA) is 58.2 Å². The molecule has 0 fully saturated rings. The van der Waals surface area contributed by atoms with Gasteiger partial charge < -0.3 is 10.6 Å². The predicted molar refractivity (Wildman–Crippen MR) is 86.2 cm³/mol. The highest BCUT2D eigenvalue weighted by Crippen LogP contribution is 2.21. The van der Waals surface area contributed by atoms with Crippen molar-refractivity contribution in [3.63, 3.8) is 0 Å². The van der Waals surface area contributed by atoms with E-state index in [1.807, 2.05) is 45.9 Å². The third kappa shape index (κ3) is 4.31. The van der Waals surface area contributed by atoms with Gasteiger partial charge in [-0.25, -0.2) is 0 Å². The Morgan fingerprint density at radius 3 is 2.29 bits per heavy atom. The lowest BCUT2D eigenvalue weighted by Gasteiger charge is -2.25. The second-order valence-corrected chi connectivity index (χ2v) is 6.16. The number of anilines is 1. The van der Waals surface area contributed by atoms with Crippen LogP contribution < -0.4 is 10.6 Å². The fourth-order valence-electron chi connectivity index (χ4n) is 1.72. The zero-order chi connectivity index (χ0) is 16.2. The highest BCUT2D eigenvalue weighted by Gasteiger charge is 2.36. The van der Waals surface area contributed by atoms with Crippen LogP contribution in [0.3, 0.4) is 0 Å². The van der Waals surface area contributed by atoms with Crippen LogP contribution in [0.5, 0.6) is 0 Å². The van der Waals surface area contributed by atoms with Crippen LogP contribution in [0.1, 0.15) is 45.2 Å². The molecule has 1 rings (SSSR count). The summed E-state index contributed by atoms with van der Waals surface area (Å²) in [5.74, 6) is -0.551. The lowest BCUT2D eigenvalue weighted by molar-refractivity contribution is -0.138. The largest absolute Gasteiger partial charge is 0.353 e. The normalized spacial score (nSPS) is 12.7. The summed E-state index contributed by atoms with van der Waals surface area (Å²) in [6.45, 7) is 11.2. The van der Waals surface area contributed by atoms with E-state index in [-0.39, 0.29) is 17.9 Å². The maximum atomic E-state index is 12.4. The molecule has 0 aromatic heterocycles. The molecule has 0 heterocycles. The van der Waals surface area contributed by atoms with Crippen LogP contribution >= 0.6 is 0 Å². The molecule has 0 saturated heterocycles. The Labute approximate surface area is 127 Å². The first-order valence-corrected chi connectivity index (χ1v) is 7.38. The predicted octanol–water partition coefficient (Wildman–Crippen LogP) is 3.18. The lowest BCUT2D eigenvalue weighted by Crippen LogP contribution is -2.47. The van der Waals surface area contributed by atoms with E-state index in [0.29, 0.717) is 5.69 Å². The molecule has 4 heteroatoms. The van der Waals surface area contributed by atoms with E-state index >= 15 is 0 Å². The van der Waals surface area contributed by atoms with Crippen molar-refractivity contribution in [2.75, 3.05) is 5.32 Å². The van der Waals surface area contributed by atoms with E-state index in [1.165, 1.54) is 5.56 Å². The molecule has 2 amide bonds. The number of hydrogen-bond acceptors (Lipinski definition) is 2. The third-order valence-corrected chi connectivity index (χ3v) is 3.89. The van der Waals surface area contributed by atoms with Crippen LogP contribution in [-0.2, 0) is 9.59 Å². The van der Waals surface area contributed by atoms with Crippen molar-refractivity contribution in [3.05, 3.63) is 29.3 Å². The SMILES string of the molecule is CCC(C)NC(=O)C(C)(C)C(=O)Nc1ccc(C)c(C)c1. The van der Waals surface area contributed by atoms with Gasteiger partial charge in [-0.15, -0.1) is 0 Å². The molecule has 1 atom stereocenters. The minimum absolute atomic E-state index is 0.0613. The van der Waals surface area contributed by atoms with Gasteiger partial charge in [0.2, 0.25) is 11.8 Å². The molecule has 0 spiro atoms. The number of carbonyl (C=O) groups is 2. The maximum Gasteiger partial charge on any atom is 0.239 e. The Hall–Kier alpha value is -1.84. The van der Waals surface area contributed by atoms with Crippen molar-refractivity contribution in [1.82, 2.24) is 5.32 Å². The van der Waals surface area contributed by atoms with E-state index in [2.05, 4.69) is 10.6 Å². The number of rotatable bonds is 5. The van der Waals surface area contributed by atoms with E-state index in [1.54, 1.807) is 13.8 Å². The number of benzene rings is 1. The quantitative estimate of drug-likeness (QED) is 0.818. The number of nitrogens with one attached hydrogen (secondary N) is 2. The van der Waals surface area contributed by atoms with Crippen LogP contribution in [0.2, 0.25) is 0 Å². The van der Waals surface area contributed by atoms with Crippen molar-refractivity contribution in [3.8, 4) is 0 Å². The van der Waals surface area contributed by atoms with Crippen LogP contribution in [0, 0.1) is 19.3 Å². The van der Waals surface area contributed by atoms with Gasteiger partial charge in [0, 0.05) is 11.7 Å². The summed E-state index contributed by atoms with van der Waals surface area (Å²) in [4.78, 5) is 24.6. The molecule has 0 aliphatic heterocycles. The second kappa shape index (κ2) is 6.74. The Balaban J connectivity index is 2.81. The molecule has 0 bridgehead atoms. The molecule has 1 aromatic rings. The van der Waals surface area contributed by atoms with Gasteiger partial charge in [0.25, 0.3) is 0 Å². The highest BCUT2D eigenvalue weighted by molar-refractivity contribution is 6.09. The van der Waals surface area contributed by atoms with Gasteiger partial charge in [-0.05, 0) is 64.3 Å². The summed E-state index contributed by atoms with van der Waals surface area (Å²) >= 11 is 0. The molecular formula is C17H26N2O2. The Bertz CT molecular complexity index is 536. The maximum absolute atomic E-state index is 12.4. The van der Waals surface area contributed by atoms with Crippen LogP contribution in [-0.4, -0.2) is 17.9 Å². The molecule has 1 unspecified atom stereocenters. The van der Waals surface area contributed by atoms with E-state index in [4.69, 9.17) is 0 Å². The lowest BCUT2D eigenvalue weighted by atomic mass is 9.90. The van der Waals surface area contributed by atoms with Gasteiger partial charge in [-0.3, -0.25) is 9.59 Å². The zero-order valence-electron chi connectivity index (χ0n) is 13.8. The summed E-state index contributed by atoms with van der Waals surface area (Å²) in [5.41, 5.74) is 1.88. The second-order valence-electron chi connectivity index (χ2n) is 6.16. The molecule has 21 heavy (non-hydrogen) atoms. The molecular weight excluding hydrogens is 264 g/mol. The number of hydrogen-bond donors (Lipinski definition) is 2. The Morgan fingerprint density at radius 1 is 1.14 bits per heavy atom. The first-order valence-electron chi connectivity index (χ1n) is 7.38. The fraction of sp³-hybridized carbons (Fsp3) is 0.529. The van der Waals surface area contributed by atoms with Gasteiger partial charge in [-0.2, -0.15) is 0 Å². The summed E-state index contributed by atoms with van der Waals surface area (Å²) < 4.78 is 0. The first-order chi connectivity index (χ1) is 9.68. The van der Waals surface area contributed by atoms with Crippen LogP contribution in [0.15, 0.2) is 18.2 Å². The van der Waals surface area contributed by atoms with E-state index < -0.39 is 5.41 Å². The first kappa shape index (κ1) is 17.2. The molecule has 0 aliphatic carbocycles. The Morgan fingerprint density at radius 2 is 1.76 bits per heavy atom. The average Bonchev–Trinajstić information content (AvgIpc) is 2.42. The summed E-state index contributed by atoms with van der Waals surface area (Å²) in [7, 11) is 0.